The van der Waals surface area contributed by atoms with E-state index >= 15 is 0 Å². The summed E-state index contributed by atoms with van der Waals surface area (Å²) in [4.78, 5) is 32.3. The van der Waals surface area contributed by atoms with E-state index in [1.165, 1.54) is 15.8 Å². The summed E-state index contributed by atoms with van der Waals surface area (Å²) >= 11 is 13.9. The molecule has 3 aliphatic rings. The number of piperidine rings is 1. The van der Waals surface area contributed by atoms with Crippen LogP contribution in [0.2, 0.25) is 10.0 Å². The summed E-state index contributed by atoms with van der Waals surface area (Å²) in [6.45, 7) is 1.84. The first-order valence-corrected chi connectivity index (χ1v) is 16.2. The van der Waals surface area contributed by atoms with Gasteiger partial charge in [0.05, 0.1) is 46.0 Å². The molecule has 2 aliphatic carbocycles. The molecule has 47 heavy (non-hydrogen) atoms. The number of carboxylic acids is 1. The maximum atomic E-state index is 12.8. The molecule has 0 spiro atoms. The molecule has 2 aromatic carbocycles. The molecule has 0 bridgehead atoms. The van der Waals surface area contributed by atoms with Gasteiger partial charge in [-0.1, -0.05) is 53.5 Å². The number of halogens is 2. The van der Waals surface area contributed by atoms with Gasteiger partial charge in [0.15, 0.2) is 0 Å². The van der Waals surface area contributed by atoms with Crippen LogP contribution >= 0.6 is 23.2 Å². The first kappa shape index (κ1) is 31.1. The molecule has 3 aromatic heterocycles. The van der Waals surface area contributed by atoms with Gasteiger partial charge in [-0.3, -0.25) is 9.59 Å². The lowest BCUT2D eigenvalue weighted by molar-refractivity contribution is -0.139. The van der Waals surface area contributed by atoms with Crippen molar-refractivity contribution in [3.63, 3.8) is 0 Å². The standard InChI is InChI=1S/C29H23Cl2N5O2.C6H9NO2/c1-36-29(37)24-17(15-33-36)12-13-32-27(24)34-22-11-5-9-20(26(22)31)19-8-4-10-21(25(19)30)23-14-16-6-3-7-18(16)28(35-23)38-2;8-6(9)5-3-1-7-2-4(3)5/h4-5,8-15H,3,6-7H2,1-2H3,(H,32,34);3-5,7H,1-2H2,(H,8,9). The molecule has 0 amide bonds. The molecule has 12 heteroatoms. The van der Waals surface area contributed by atoms with Gasteiger partial charge >= 0.3 is 5.97 Å². The van der Waals surface area contributed by atoms with Crippen molar-refractivity contribution in [2.45, 2.75) is 19.3 Å². The molecule has 2 unspecified atom stereocenters. The summed E-state index contributed by atoms with van der Waals surface area (Å²) in [5.74, 6) is 1.37. The minimum atomic E-state index is -0.605. The van der Waals surface area contributed by atoms with Crippen LogP contribution in [0.15, 0.2) is 65.7 Å². The zero-order chi connectivity index (χ0) is 32.8. The van der Waals surface area contributed by atoms with Crippen molar-refractivity contribution in [2.75, 3.05) is 25.5 Å². The molecule has 0 radical (unpaired) electrons. The number of methoxy groups -OCH3 is 1. The number of nitrogens with zero attached hydrogens (tertiary/aromatic N) is 4. The molecular formula is C35H32Cl2N6O4. The maximum Gasteiger partial charge on any atom is 0.307 e. The minimum Gasteiger partial charge on any atom is -0.481 e. The Morgan fingerprint density at radius 3 is 2.49 bits per heavy atom. The number of carboxylic acid groups (broad SMARTS) is 1. The van der Waals surface area contributed by atoms with Crippen molar-refractivity contribution in [3.05, 3.63) is 92.5 Å². The van der Waals surface area contributed by atoms with Crippen molar-refractivity contribution in [1.29, 1.82) is 0 Å². The first-order chi connectivity index (χ1) is 22.8. The van der Waals surface area contributed by atoms with Crippen LogP contribution in [0.3, 0.4) is 0 Å². The van der Waals surface area contributed by atoms with E-state index in [2.05, 4.69) is 26.8 Å². The molecule has 3 N–H and O–H groups in total. The van der Waals surface area contributed by atoms with Gasteiger partial charge in [0.2, 0.25) is 5.88 Å². The molecule has 1 saturated heterocycles. The number of aromatic nitrogens is 4. The van der Waals surface area contributed by atoms with Crippen LogP contribution in [0.1, 0.15) is 17.5 Å². The Hall–Kier alpha value is -4.51. The summed E-state index contributed by atoms with van der Waals surface area (Å²) in [7, 11) is 3.25. The maximum absolute atomic E-state index is 12.8. The van der Waals surface area contributed by atoms with Gasteiger partial charge in [-0.15, -0.1) is 0 Å². The number of carbonyl (C=O) groups is 1. The van der Waals surface area contributed by atoms with Gasteiger partial charge in [-0.2, -0.15) is 5.10 Å². The Morgan fingerprint density at radius 1 is 1.04 bits per heavy atom. The third-order valence-corrected chi connectivity index (χ3v) is 10.1. The van der Waals surface area contributed by atoms with E-state index in [1.807, 2.05) is 36.4 Å². The largest absolute Gasteiger partial charge is 0.481 e. The lowest BCUT2D eigenvalue weighted by atomic mass is 9.99. The lowest BCUT2D eigenvalue weighted by Gasteiger charge is -2.16. The Morgan fingerprint density at radius 2 is 1.77 bits per heavy atom. The van der Waals surface area contributed by atoms with E-state index < -0.39 is 5.97 Å². The van der Waals surface area contributed by atoms with E-state index in [9.17, 15) is 9.59 Å². The molecule has 4 heterocycles. The first-order valence-electron chi connectivity index (χ1n) is 15.4. The average Bonchev–Trinajstić information content (AvgIpc) is 3.35. The van der Waals surface area contributed by atoms with E-state index in [0.717, 1.165) is 54.7 Å². The number of nitrogens with one attached hydrogen (secondary N) is 2. The van der Waals surface area contributed by atoms with Crippen LogP contribution in [0.5, 0.6) is 5.88 Å². The molecule has 2 atom stereocenters. The van der Waals surface area contributed by atoms with Crippen LogP contribution in [0.4, 0.5) is 11.5 Å². The summed E-state index contributed by atoms with van der Waals surface area (Å²) in [6.07, 6.45) is 6.33. The summed E-state index contributed by atoms with van der Waals surface area (Å²) in [6, 6.07) is 15.3. The second-order valence-corrected chi connectivity index (χ2v) is 12.8. The zero-order valence-electron chi connectivity index (χ0n) is 25.8. The van der Waals surface area contributed by atoms with Gasteiger partial charge in [0.1, 0.15) is 5.82 Å². The predicted octanol–water partition coefficient (Wildman–Crippen LogP) is 6.14. The highest BCUT2D eigenvalue weighted by atomic mass is 35.5. The number of hydrogen-bond acceptors (Lipinski definition) is 8. The van der Waals surface area contributed by atoms with Crippen molar-refractivity contribution < 1.29 is 14.6 Å². The minimum absolute atomic E-state index is 0.00810. The average molecular weight is 672 g/mol. The fourth-order valence-electron chi connectivity index (χ4n) is 6.81. The van der Waals surface area contributed by atoms with E-state index in [4.69, 9.17) is 38.0 Å². The normalized spacial score (nSPS) is 19.0. The zero-order valence-corrected chi connectivity index (χ0v) is 27.3. The number of aliphatic carboxylic acids is 1. The topological polar surface area (TPSA) is 131 Å². The molecule has 1 aliphatic heterocycles. The Labute approximate surface area is 280 Å². The van der Waals surface area contributed by atoms with Crippen molar-refractivity contribution in [3.8, 4) is 28.3 Å². The van der Waals surface area contributed by atoms with Crippen LogP contribution in [-0.4, -0.2) is 51.0 Å². The smallest absolute Gasteiger partial charge is 0.307 e. The van der Waals surface area contributed by atoms with Gasteiger partial charge in [0.25, 0.3) is 5.56 Å². The molecule has 5 aromatic rings. The fourth-order valence-corrected chi connectivity index (χ4v) is 7.40. The number of hydrogen-bond donors (Lipinski definition) is 3. The van der Waals surface area contributed by atoms with Crippen LogP contribution in [0, 0.1) is 17.8 Å². The highest BCUT2D eigenvalue weighted by Gasteiger charge is 2.57. The molecule has 8 rings (SSSR count). The quantitative estimate of drug-likeness (QED) is 0.195. The van der Waals surface area contributed by atoms with Crippen LogP contribution in [0.25, 0.3) is 33.2 Å². The third kappa shape index (κ3) is 5.71. The number of fused-ring (bicyclic) bond motifs is 3. The van der Waals surface area contributed by atoms with Gasteiger partial charge in [-0.05, 0) is 68.0 Å². The molecule has 10 nitrogen and oxygen atoms in total. The van der Waals surface area contributed by atoms with Crippen molar-refractivity contribution in [1.82, 2.24) is 25.1 Å². The molecular weight excluding hydrogens is 639 g/mol. The Kier molecular flexibility index (Phi) is 8.34. The van der Waals surface area contributed by atoms with E-state index in [0.29, 0.717) is 50.0 Å². The second-order valence-electron chi connectivity index (χ2n) is 12.0. The summed E-state index contributed by atoms with van der Waals surface area (Å²) in [5.41, 5.74) is 5.86. The van der Waals surface area contributed by atoms with Crippen molar-refractivity contribution >= 4 is 51.4 Å². The van der Waals surface area contributed by atoms with Crippen LogP contribution < -0.4 is 20.9 Å². The fraction of sp³-hybridized carbons (Fsp3) is 0.286. The Balaban J connectivity index is 0.000000334. The molecule has 2 fully saturated rings. The van der Waals surface area contributed by atoms with E-state index in [-0.39, 0.29) is 11.5 Å². The number of anilines is 2. The monoisotopic (exact) mass is 670 g/mol. The third-order valence-electron chi connectivity index (χ3n) is 9.30. The predicted molar refractivity (Wildman–Crippen MR) is 183 cm³/mol. The summed E-state index contributed by atoms with van der Waals surface area (Å²) < 4.78 is 6.87. The second kappa shape index (κ2) is 12.6. The number of rotatable bonds is 6. The Bertz CT molecular complexity index is 2090. The van der Waals surface area contributed by atoms with E-state index in [1.54, 1.807) is 32.6 Å². The van der Waals surface area contributed by atoms with Gasteiger partial charge in [-0.25, -0.2) is 14.6 Å². The number of ether oxygens (including phenoxy) is 1. The SMILES string of the molecule is COc1nc(-c2cccc(-c3cccc(Nc4nccc5cnn(C)c(=O)c45)c3Cl)c2Cl)cc2c1CCC2.O=C(O)C1C2CNCC21. The molecule has 1 saturated carbocycles. The van der Waals surface area contributed by atoms with Crippen molar-refractivity contribution in [2.24, 2.45) is 24.8 Å². The highest BCUT2D eigenvalue weighted by molar-refractivity contribution is 6.39. The van der Waals surface area contributed by atoms with Gasteiger partial charge < -0.3 is 20.5 Å². The number of pyridine rings is 2. The molecule has 240 valence electrons. The highest BCUT2D eigenvalue weighted by Crippen LogP contribution is 2.48. The number of aryl methyl sites for hydroxylation is 2. The summed E-state index contributed by atoms with van der Waals surface area (Å²) in [5, 5.41) is 21.1. The lowest BCUT2D eigenvalue weighted by Crippen LogP contribution is -2.20. The van der Waals surface area contributed by atoms with Gasteiger partial charge in [0, 0.05) is 40.9 Å². The van der Waals surface area contributed by atoms with Crippen LogP contribution in [-0.2, 0) is 24.7 Å². The number of benzene rings is 2.